The van der Waals surface area contributed by atoms with Crippen LogP contribution >= 0.6 is 0 Å². The molecular weight excluding hydrogens is 372 g/mol. The molecule has 1 saturated heterocycles. The lowest BCUT2D eigenvalue weighted by Crippen LogP contribution is -2.48. The monoisotopic (exact) mass is 396 g/mol. The fourth-order valence-corrected chi connectivity index (χ4v) is 3.56. The summed E-state index contributed by atoms with van der Waals surface area (Å²) >= 11 is 0. The highest BCUT2D eigenvalue weighted by atomic mass is 16.5. The van der Waals surface area contributed by atoms with Gasteiger partial charge in [0.2, 0.25) is 0 Å². The Balaban J connectivity index is 1.76. The predicted octanol–water partition coefficient (Wildman–Crippen LogP) is 3.09. The van der Waals surface area contributed by atoms with Crippen LogP contribution in [-0.4, -0.2) is 47.5 Å². The lowest BCUT2D eigenvalue weighted by atomic mass is 10.0. The van der Waals surface area contributed by atoms with E-state index >= 15 is 0 Å². The number of carbonyl (C=O) groups is 3. The van der Waals surface area contributed by atoms with Gasteiger partial charge < -0.3 is 20.1 Å². The summed E-state index contributed by atoms with van der Waals surface area (Å²) in [5, 5.41) is 12.2. The van der Waals surface area contributed by atoms with E-state index in [0.717, 1.165) is 18.4 Å². The maximum atomic E-state index is 12.9. The number of piperidine rings is 1. The van der Waals surface area contributed by atoms with Gasteiger partial charge >= 0.3 is 5.97 Å². The molecule has 3 rings (SSSR count). The van der Waals surface area contributed by atoms with Crippen molar-refractivity contribution in [3.63, 3.8) is 0 Å². The standard InChI is InChI=1S/C22H24N2O5/c1-29-19(15-8-3-2-4-9-15)20(25)23-17-11-7-10-16(14-17)21(26)24-13-6-5-12-18(24)22(27)28/h2-4,7-11,14,18-19H,5-6,12-13H2,1H3,(H,23,25)(H,27,28). The molecule has 0 saturated carbocycles. The van der Waals surface area contributed by atoms with Gasteiger partial charge in [0, 0.05) is 24.9 Å². The third kappa shape index (κ3) is 4.81. The molecule has 0 bridgehead atoms. The molecule has 2 amide bonds. The Labute approximate surface area is 169 Å². The van der Waals surface area contributed by atoms with Crippen LogP contribution in [0.2, 0.25) is 0 Å². The number of carboxylic acids is 1. The normalized spacial score (nSPS) is 17.4. The highest BCUT2D eigenvalue weighted by molar-refractivity contribution is 5.99. The minimum atomic E-state index is -0.992. The van der Waals surface area contributed by atoms with Crippen LogP contribution in [0.3, 0.4) is 0 Å². The fraction of sp³-hybridized carbons (Fsp3) is 0.318. The van der Waals surface area contributed by atoms with Gasteiger partial charge in [-0.3, -0.25) is 9.59 Å². The van der Waals surface area contributed by atoms with Gasteiger partial charge in [-0.15, -0.1) is 0 Å². The van der Waals surface area contributed by atoms with Crippen LogP contribution in [0, 0.1) is 0 Å². The van der Waals surface area contributed by atoms with E-state index in [1.54, 1.807) is 36.4 Å². The van der Waals surface area contributed by atoms with Crippen molar-refractivity contribution in [1.82, 2.24) is 4.90 Å². The van der Waals surface area contributed by atoms with Crippen LogP contribution in [-0.2, 0) is 14.3 Å². The molecule has 152 valence electrons. The summed E-state index contributed by atoms with van der Waals surface area (Å²) in [6.07, 6.45) is 1.23. The molecule has 1 aliphatic heterocycles. The number of rotatable bonds is 6. The molecule has 1 aliphatic rings. The SMILES string of the molecule is COC(C(=O)Nc1cccc(C(=O)N2CCCCC2C(=O)O)c1)c1ccccc1. The molecule has 7 nitrogen and oxygen atoms in total. The summed E-state index contributed by atoms with van der Waals surface area (Å²) in [5.74, 6) is -1.70. The Kier molecular flexibility index (Phi) is 6.61. The van der Waals surface area contributed by atoms with Crippen molar-refractivity contribution in [3.8, 4) is 0 Å². The van der Waals surface area contributed by atoms with Gasteiger partial charge in [0.25, 0.3) is 11.8 Å². The summed E-state index contributed by atoms with van der Waals surface area (Å²) in [6.45, 7) is 0.409. The number of likely N-dealkylation sites (tertiary alicyclic amines) is 1. The molecule has 2 aromatic rings. The molecule has 2 atom stereocenters. The second-order valence-electron chi connectivity index (χ2n) is 6.94. The highest BCUT2D eigenvalue weighted by Crippen LogP contribution is 2.23. The van der Waals surface area contributed by atoms with Gasteiger partial charge in [-0.1, -0.05) is 36.4 Å². The molecular formula is C22H24N2O5. The average Bonchev–Trinajstić information content (AvgIpc) is 2.74. The number of ether oxygens (including phenoxy) is 1. The zero-order valence-corrected chi connectivity index (χ0v) is 16.2. The molecule has 2 aromatic carbocycles. The summed E-state index contributed by atoms with van der Waals surface area (Å²) in [6, 6.07) is 14.8. The fourth-order valence-electron chi connectivity index (χ4n) is 3.56. The first kappa shape index (κ1) is 20.5. The molecule has 0 radical (unpaired) electrons. The Bertz CT molecular complexity index is 884. The Hall–Kier alpha value is -3.19. The Morgan fingerprint density at radius 3 is 2.55 bits per heavy atom. The van der Waals surface area contributed by atoms with E-state index in [0.29, 0.717) is 24.2 Å². The van der Waals surface area contributed by atoms with Gasteiger partial charge in [-0.25, -0.2) is 4.79 Å². The molecule has 29 heavy (non-hydrogen) atoms. The van der Waals surface area contributed by atoms with Crippen molar-refractivity contribution in [3.05, 3.63) is 65.7 Å². The number of methoxy groups -OCH3 is 1. The number of carboxylic acid groups (broad SMARTS) is 1. The molecule has 2 unspecified atom stereocenters. The maximum absolute atomic E-state index is 12.9. The zero-order valence-electron chi connectivity index (χ0n) is 16.2. The smallest absolute Gasteiger partial charge is 0.326 e. The van der Waals surface area contributed by atoms with Crippen LogP contribution in [0.25, 0.3) is 0 Å². The van der Waals surface area contributed by atoms with E-state index in [4.69, 9.17) is 4.74 Å². The second-order valence-corrected chi connectivity index (χ2v) is 6.94. The molecule has 1 fully saturated rings. The number of aliphatic carboxylic acids is 1. The van der Waals surface area contributed by atoms with Gasteiger partial charge in [0.1, 0.15) is 6.04 Å². The van der Waals surface area contributed by atoms with Crippen molar-refractivity contribution in [2.75, 3.05) is 19.0 Å². The number of nitrogens with one attached hydrogen (secondary N) is 1. The van der Waals surface area contributed by atoms with E-state index in [-0.39, 0.29) is 11.8 Å². The highest BCUT2D eigenvalue weighted by Gasteiger charge is 2.32. The maximum Gasteiger partial charge on any atom is 0.326 e. The molecule has 7 heteroatoms. The van der Waals surface area contributed by atoms with E-state index < -0.39 is 18.1 Å². The molecule has 2 N–H and O–H groups in total. The number of hydrogen-bond donors (Lipinski definition) is 2. The lowest BCUT2D eigenvalue weighted by molar-refractivity contribution is -0.143. The number of anilines is 1. The predicted molar refractivity (Wildman–Crippen MR) is 108 cm³/mol. The van der Waals surface area contributed by atoms with Crippen molar-refractivity contribution in [2.45, 2.75) is 31.4 Å². The van der Waals surface area contributed by atoms with Crippen LogP contribution in [0.5, 0.6) is 0 Å². The van der Waals surface area contributed by atoms with E-state index in [9.17, 15) is 19.5 Å². The van der Waals surface area contributed by atoms with Crippen molar-refractivity contribution < 1.29 is 24.2 Å². The number of nitrogens with zero attached hydrogens (tertiary/aromatic N) is 1. The summed E-state index contributed by atoms with van der Waals surface area (Å²) < 4.78 is 5.33. The third-order valence-corrected chi connectivity index (χ3v) is 5.00. The number of hydrogen-bond acceptors (Lipinski definition) is 4. The van der Waals surface area contributed by atoms with Crippen molar-refractivity contribution >= 4 is 23.5 Å². The van der Waals surface area contributed by atoms with E-state index in [1.807, 2.05) is 18.2 Å². The number of amides is 2. The van der Waals surface area contributed by atoms with Crippen LogP contribution in [0.4, 0.5) is 5.69 Å². The van der Waals surface area contributed by atoms with Crippen LogP contribution < -0.4 is 5.32 Å². The summed E-state index contributed by atoms with van der Waals surface area (Å²) in [7, 11) is 1.46. The van der Waals surface area contributed by atoms with Crippen molar-refractivity contribution in [1.29, 1.82) is 0 Å². The van der Waals surface area contributed by atoms with Gasteiger partial charge in [-0.2, -0.15) is 0 Å². The Morgan fingerprint density at radius 1 is 1.10 bits per heavy atom. The van der Waals surface area contributed by atoms with Gasteiger partial charge in [-0.05, 0) is 43.0 Å². The largest absolute Gasteiger partial charge is 0.480 e. The third-order valence-electron chi connectivity index (χ3n) is 5.00. The first-order valence-electron chi connectivity index (χ1n) is 9.53. The Morgan fingerprint density at radius 2 is 1.86 bits per heavy atom. The molecule has 1 heterocycles. The summed E-state index contributed by atoms with van der Waals surface area (Å²) in [4.78, 5) is 38.4. The topological polar surface area (TPSA) is 95.9 Å². The molecule has 0 spiro atoms. The number of carbonyl (C=O) groups excluding carboxylic acids is 2. The quantitative estimate of drug-likeness (QED) is 0.782. The van der Waals surface area contributed by atoms with Crippen LogP contribution in [0.15, 0.2) is 54.6 Å². The number of benzene rings is 2. The first-order chi connectivity index (χ1) is 14.0. The lowest BCUT2D eigenvalue weighted by Gasteiger charge is -2.33. The second kappa shape index (κ2) is 9.34. The minimum Gasteiger partial charge on any atom is -0.480 e. The van der Waals surface area contributed by atoms with E-state index in [2.05, 4.69) is 5.32 Å². The van der Waals surface area contributed by atoms with Gasteiger partial charge in [0.05, 0.1) is 0 Å². The van der Waals surface area contributed by atoms with Crippen molar-refractivity contribution in [2.24, 2.45) is 0 Å². The van der Waals surface area contributed by atoms with Crippen LogP contribution in [0.1, 0.15) is 41.3 Å². The van der Waals surface area contributed by atoms with E-state index in [1.165, 1.54) is 12.0 Å². The first-order valence-corrected chi connectivity index (χ1v) is 9.53. The summed E-state index contributed by atoms with van der Waals surface area (Å²) in [5.41, 5.74) is 1.50. The zero-order chi connectivity index (χ0) is 20.8. The minimum absolute atomic E-state index is 0.338. The van der Waals surface area contributed by atoms with Gasteiger partial charge in [0.15, 0.2) is 6.10 Å². The molecule has 0 aromatic heterocycles. The molecule has 0 aliphatic carbocycles. The average molecular weight is 396 g/mol.